The molecule has 0 bridgehead atoms. The molecular formula is C21H27N5O2. The normalized spacial score (nSPS) is 18.3. The third-order valence-corrected chi connectivity index (χ3v) is 5.61. The van der Waals surface area contributed by atoms with Gasteiger partial charge in [0.2, 0.25) is 5.91 Å². The largest absolute Gasteiger partial charge is 0.342 e. The van der Waals surface area contributed by atoms with Gasteiger partial charge >= 0.3 is 0 Å². The summed E-state index contributed by atoms with van der Waals surface area (Å²) in [5, 5.41) is 4.20. The molecule has 7 nitrogen and oxygen atoms in total. The van der Waals surface area contributed by atoms with Gasteiger partial charge in [-0.05, 0) is 49.6 Å². The summed E-state index contributed by atoms with van der Waals surface area (Å²) in [6.07, 6.45) is 7.07. The van der Waals surface area contributed by atoms with Gasteiger partial charge < -0.3 is 9.80 Å². The molecule has 7 heteroatoms. The molecule has 4 rings (SSSR count). The van der Waals surface area contributed by atoms with Gasteiger partial charge in [-0.3, -0.25) is 14.5 Å². The van der Waals surface area contributed by atoms with Crippen molar-refractivity contribution in [1.29, 1.82) is 0 Å². The Morgan fingerprint density at radius 2 is 1.57 bits per heavy atom. The molecule has 1 aromatic carbocycles. The molecule has 148 valence electrons. The maximum atomic E-state index is 12.8. The SMILES string of the molecule is O=C(CN1CCN(C(=O)c2ccc(-n3cccn3)cc2)CC1)N1CCCCC1. The van der Waals surface area contributed by atoms with E-state index in [-0.39, 0.29) is 11.8 Å². The topological polar surface area (TPSA) is 61.7 Å². The van der Waals surface area contributed by atoms with E-state index in [0.717, 1.165) is 44.7 Å². The fourth-order valence-corrected chi connectivity index (χ4v) is 3.90. The summed E-state index contributed by atoms with van der Waals surface area (Å²) in [5.74, 6) is 0.280. The molecule has 2 fully saturated rings. The number of piperazine rings is 1. The fraction of sp³-hybridized carbons (Fsp3) is 0.476. The highest BCUT2D eigenvalue weighted by atomic mass is 16.2. The van der Waals surface area contributed by atoms with Crippen LogP contribution in [0.25, 0.3) is 5.69 Å². The molecule has 0 spiro atoms. The first-order valence-corrected chi connectivity index (χ1v) is 10.1. The maximum absolute atomic E-state index is 12.8. The minimum absolute atomic E-state index is 0.0500. The summed E-state index contributed by atoms with van der Waals surface area (Å²) < 4.78 is 1.77. The molecule has 2 aliphatic rings. The van der Waals surface area contributed by atoms with Crippen molar-refractivity contribution in [3.63, 3.8) is 0 Å². The van der Waals surface area contributed by atoms with Crippen LogP contribution in [0.2, 0.25) is 0 Å². The summed E-state index contributed by atoms with van der Waals surface area (Å²) in [4.78, 5) is 31.2. The van der Waals surface area contributed by atoms with Gasteiger partial charge in [-0.1, -0.05) is 0 Å². The van der Waals surface area contributed by atoms with Crippen LogP contribution in [0.4, 0.5) is 0 Å². The quantitative estimate of drug-likeness (QED) is 0.808. The Labute approximate surface area is 165 Å². The Morgan fingerprint density at radius 3 is 2.21 bits per heavy atom. The van der Waals surface area contributed by atoms with Gasteiger partial charge in [0.1, 0.15) is 0 Å². The number of benzene rings is 1. The highest BCUT2D eigenvalue weighted by Gasteiger charge is 2.25. The van der Waals surface area contributed by atoms with E-state index in [0.29, 0.717) is 25.2 Å². The number of carbonyl (C=O) groups is 2. The maximum Gasteiger partial charge on any atom is 0.253 e. The van der Waals surface area contributed by atoms with E-state index >= 15 is 0 Å². The average Bonchev–Trinajstić information content (AvgIpc) is 3.29. The van der Waals surface area contributed by atoms with Gasteiger partial charge in [-0.25, -0.2) is 4.68 Å². The first-order chi connectivity index (χ1) is 13.7. The van der Waals surface area contributed by atoms with Crippen LogP contribution in [0.3, 0.4) is 0 Å². The molecule has 0 aliphatic carbocycles. The second-order valence-corrected chi connectivity index (χ2v) is 7.51. The van der Waals surface area contributed by atoms with E-state index in [1.54, 1.807) is 10.9 Å². The van der Waals surface area contributed by atoms with Crippen molar-refractivity contribution < 1.29 is 9.59 Å². The number of likely N-dealkylation sites (tertiary alicyclic amines) is 1. The van der Waals surface area contributed by atoms with E-state index in [2.05, 4.69) is 10.00 Å². The number of aromatic nitrogens is 2. The zero-order valence-electron chi connectivity index (χ0n) is 16.2. The molecule has 0 unspecified atom stereocenters. The van der Waals surface area contributed by atoms with Crippen molar-refractivity contribution >= 4 is 11.8 Å². The van der Waals surface area contributed by atoms with Crippen LogP contribution in [0.1, 0.15) is 29.6 Å². The van der Waals surface area contributed by atoms with E-state index in [9.17, 15) is 9.59 Å². The summed E-state index contributed by atoms with van der Waals surface area (Å²) >= 11 is 0. The average molecular weight is 381 g/mol. The zero-order chi connectivity index (χ0) is 19.3. The number of amides is 2. The van der Waals surface area contributed by atoms with Crippen LogP contribution in [-0.2, 0) is 4.79 Å². The number of hydrogen-bond donors (Lipinski definition) is 0. The molecule has 0 atom stereocenters. The van der Waals surface area contributed by atoms with Gasteiger partial charge in [0.05, 0.1) is 12.2 Å². The lowest BCUT2D eigenvalue weighted by Gasteiger charge is -2.36. The lowest BCUT2D eigenvalue weighted by molar-refractivity contribution is -0.133. The second-order valence-electron chi connectivity index (χ2n) is 7.51. The highest BCUT2D eigenvalue weighted by molar-refractivity contribution is 5.94. The number of nitrogens with zero attached hydrogens (tertiary/aromatic N) is 5. The molecule has 2 saturated heterocycles. The van der Waals surface area contributed by atoms with Crippen LogP contribution in [0.5, 0.6) is 0 Å². The second kappa shape index (κ2) is 8.56. The number of rotatable bonds is 4. The van der Waals surface area contributed by atoms with E-state index in [4.69, 9.17) is 0 Å². The molecule has 0 saturated carbocycles. The minimum Gasteiger partial charge on any atom is -0.342 e. The predicted molar refractivity (Wildman–Crippen MR) is 106 cm³/mol. The van der Waals surface area contributed by atoms with Crippen LogP contribution >= 0.6 is 0 Å². The third-order valence-electron chi connectivity index (χ3n) is 5.61. The summed E-state index contributed by atoms with van der Waals surface area (Å²) in [6.45, 7) is 5.08. The van der Waals surface area contributed by atoms with Gasteiger partial charge in [0.25, 0.3) is 5.91 Å². The van der Waals surface area contributed by atoms with Crippen LogP contribution in [0.15, 0.2) is 42.7 Å². The Hall–Kier alpha value is -2.67. The monoisotopic (exact) mass is 381 g/mol. The van der Waals surface area contributed by atoms with Gasteiger partial charge in [-0.2, -0.15) is 5.10 Å². The van der Waals surface area contributed by atoms with Crippen molar-refractivity contribution in [3.8, 4) is 5.69 Å². The summed E-state index contributed by atoms with van der Waals surface area (Å²) in [6, 6.07) is 9.40. The molecule has 2 amide bonds. The van der Waals surface area contributed by atoms with Crippen molar-refractivity contribution in [1.82, 2.24) is 24.5 Å². The first-order valence-electron chi connectivity index (χ1n) is 10.1. The summed E-state index contributed by atoms with van der Waals surface area (Å²) in [7, 11) is 0. The molecule has 2 aromatic rings. The Kier molecular flexibility index (Phi) is 5.71. The molecule has 0 N–H and O–H groups in total. The summed E-state index contributed by atoms with van der Waals surface area (Å²) in [5.41, 5.74) is 1.62. The van der Waals surface area contributed by atoms with Crippen LogP contribution in [0, 0.1) is 0 Å². The van der Waals surface area contributed by atoms with Gasteiger partial charge in [0.15, 0.2) is 0 Å². The zero-order valence-corrected chi connectivity index (χ0v) is 16.2. The van der Waals surface area contributed by atoms with Gasteiger partial charge in [-0.15, -0.1) is 0 Å². The van der Waals surface area contributed by atoms with Crippen molar-refractivity contribution in [2.75, 3.05) is 45.8 Å². The molecule has 3 heterocycles. The first kappa shape index (κ1) is 18.7. The molecular weight excluding hydrogens is 354 g/mol. The number of piperidine rings is 1. The predicted octanol–water partition coefficient (Wildman–Crippen LogP) is 1.64. The van der Waals surface area contributed by atoms with Crippen molar-refractivity contribution in [2.45, 2.75) is 19.3 Å². The van der Waals surface area contributed by atoms with E-state index < -0.39 is 0 Å². The van der Waals surface area contributed by atoms with Crippen molar-refractivity contribution in [2.24, 2.45) is 0 Å². The Morgan fingerprint density at radius 1 is 0.857 bits per heavy atom. The molecule has 1 aromatic heterocycles. The number of hydrogen-bond acceptors (Lipinski definition) is 4. The molecule has 28 heavy (non-hydrogen) atoms. The Balaban J connectivity index is 1.28. The minimum atomic E-state index is 0.0500. The fourth-order valence-electron chi connectivity index (χ4n) is 3.90. The smallest absolute Gasteiger partial charge is 0.253 e. The molecule has 2 aliphatic heterocycles. The van der Waals surface area contributed by atoms with Gasteiger partial charge in [0, 0.05) is 57.2 Å². The highest BCUT2D eigenvalue weighted by Crippen LogP contribution is 2.14. The number of carbonyl (C=O) groups excluding carboxylic acids is 2. The van der Waals surface area contributed by atoms with Crippen molar-refractivity contribution in [3.05, 3.63) is 48.3 Å². The lowest BCUT2D eigenvalue weighted by Crippen LogP contribution is -2.52. The lowest BCUT2D eigenvalue weighted by atomic mass is 10.1. The standard InChI is InChI=1S/C21H27N5O2/c27-20(24-10-2-1-3-11-24)17-23-13-15-25(16-14-23)21(28)18-5-7-19(8-6-18)26-12-4-9-22-26/h4-9,12H,1-3,10-11,13-17H2. The molecule has 0 radical (unpaired) electrons. The van der Waals surface area contributed by atoms with Crippen LogP contribution < -0.4 is 0 Å². The van der Waals surface area contributed by atoms with Crippen LogP contribution in [-0.4, -0.2) is 82.1 Å². The van der Waals surface area contributed by atoms with E-state index in [1.807, 2.05) is 46.3 Å². The Bertz CT molecular complexity index is 789. The third kappa shape index (κ3) is 4.25. The van der Waals surface area contributed by atoms with E-state index in [1.165, 1.54) is 6.42 Å².